The normalized spacial score (nSPS) is 17.9. The van der Waals surface area contributed by atoms with Crippen molar-refractivity contribution in [1.82, 2.24) is 0 Å². The Kier molecular flexibility index (Phi) is 4.51. The highest BCUT2D eigenvalue weighted by molar-refractivity contribution is 7.99. The van der Waals surface area contributed by atoms with E-state index in [1.54, 1.807) is 13.0 Å². The molecule has 1 aromatic rings. The van der Waals surface area contributed by atoms with Gasteiger partial charge in [0.05, 0.1) is 17.7 Å². The lowest BCUT2D eigenvalue weighted by atomic mass is 10.0. The highest BCUT2D eigenvalue weighted by atomic mass is 32.2. The zero-order valence-corrected chi connectivity index (χ0v) is 11.4. The van der Waals surface area contributed by atoms with Crippen molar-refractivity contribution in [2.75, 3.05) is 29.5 Å². The van der Waals surface area contributed by atoms with Gasteiger partial charge < -0.3 is 10.0 Å². The van der Waals surface area contributed by atoms with E-state index >= 15 is 0 Å². The van der Waals surface area contributed by atoms with Crippen molar-refractivity contribution in [1.29, 1.82) is 5.26 Å². The first-order chi connectivity index (χ1) is 8.72. The molecule has 96 valence electrons. The first-order valence-electron chi connectivity index (χ1n) is 6.27. The Bertz CT molecular complexity index is 446. The standard InChI is InChI=1S/C14H18N2OS/c1-11(17)13-4-3-12(10-15)9-14(13)16-5-2-7-18-8-6-16/h3-4,9,11,17H,2,5-8H2,1H3/t11-/m1/s1. The molecule has 4 heteroatoms. The van der Waals surface area contributed by atoms with Crippen LogP contribution in [0.25, 0.3) is 0 Å². The largest absolute Gasteiger partial charge is 0.389 e. The summed E-state index contributed by atoms with van der Waals surface area (Å²) >= 11 is 1.97. The van der Waals surface area contributed by atoms with E-state index in [1.807, 2.05) is 23.9 Å². The maximum atomic E-state index is 9.85. The highest BCUT2D eigenvalue weighted by Crippen LogP contribution is 2.29. The summed E-state index contributed by atoms with van der Waals surface area (Å²) in [6, 6.07) is 7.72. The van der Waals surface area contributed by atoms with Crippen molar-refractivity contribution >= 4 is 17.4 Å². The molecule has 1 aromatic carbocycles. The Morgan fingerprint density at radius 2 is 2.22 bits per heavy atom. The van der Waals surface area contributed by atoms with E-state index in [1.165, 1.54) is 5.75 Å². The number of hydrogen-bond acceptors (Lipinski definition) is 4. The second kappa shape index (κ2) is 6.12. The van der Waals surface area contributed by atoms with Crippen molar-refractivity contribution in [3.05, 3.63) is 29.3 Å². The van der Waals surface area contributed by atoms with Crippen LogP contribution in [0, 0.1) is 11.3 Å². The van der Waals surface area contributed by atoms with Crippen LogP contribution in [0.2, 0.25) is 0 Å². The number of aliphatic hydroxyl groups excluding tert-OH is 1. The Morgan fingerprint density at radius 3 is 2.94 bits per heavy atom. The van der Waals surface area contributed by atoms with Crippen LogP contribution in [0.1, 0.15) is 30.6 Å². The van der Waals surface area contributed by atoms with Crippen LogP contribution >= 0.6 is 11.8 Å². The fourth-order valence-corrected chi connectivity index (χ4v) is 3.11. The smallest absolute Gasteiger partial charge is 0.0992 e. The quantitative estimate of drug-likeness (QED) is 0.890. The van der Waals surface area contributed by atoms with E-state index in [4.69, 9.17) is 5.26 Å². The highest BCUT2D eigenvalue weighted by Gasteiger charge is 2.16. The molecule has 1 atom stereocenters. The molecule has 1 fully saturated rings. The Morgan fingerprint density at radius 1 is 1.39 bits per heavy atom. The van der Waals surface area contributed by atoms with Gasteiger partial charge in [-0.15, -0.1) is 0 Å². The number of nitriles is 1. The molecular weight excluding hydrogens is 244 g/mol. The van der Waals surface area contributed by atoms with E-state index in [9.17, 15) is 5.11 Å². The summed E-state index contributed by atoms with van der Waals surface area (Å²) in [5.74, 6) is 2.30. The second-order valence-electron chi connectivity index (χ2n) is 4.51. The zero-order chi connectivity index (χ0) is 13.0. The number of thioether (sulfide) groups is 1. The average Bonchev–Trinajstić information content (AvgIpc) is 2.66. The van der Waals surface area contributed by atoms with Gasteiger partial charge in [-0.3, -0.25) is 0 Å². The van der Waals surface area contributed by atoms with E-state index in [2.05, 4.69) is 11.0 Å². The van der Waals surface area contributed by atoms with Crippen LogP contribution < -0.4 is 4.90 Å². The number of rotatable bonds is 2. The summed E-state index contributed by atoms with van der Waals surface area (Å²) in [5, 5.41) is 18.9. The topological polar surface area (TPSA) is 47.3 Å². The average molecular weight is 262 g/mol. The Labute approximate surface area is 112 Å². The van der Waals surface area contributed by atoms with Crippen molar-refractivity contribution < 1.29 is 5.11 Å². The molecule has 0 saturated carbocycles. The van der Waals surface area contributed by atoms with Crippen molar-refractivity contribution in [3.8, 4) is 6.07 Å². The number of aliphatic hydroxyl groups is 1. The van der Waals surface area contributed by atoms with Gasteiger partial charge in [0.15, 0.2) is 0 Å². The molecule has 0 unspecified atom stereocenters. The Balaban J connectivity index is 2.36. The summed E-state index contributed by atoms with van der Waals surface area (Å²) in [6.45, 7) is 3.76. The third-order valence-electron chi connectivity index (χ3n) is 3.17. The Hall–Kier alpha value is -1.18. The van der Waals surface area contributed by atoms with Gasteiger partial charge in [-0.2, -0.15) is 17.0 Å². The molecule has 0 amide bonds. The molecule has 2 rings (SSSR count). The van der Waals surface area contributed by atoms with Gasteiger partial charge in [0.1, 0.15) is 0 Å². The minimum atomic E-state index is -0.497. The molecule has 0 radical (unpaired) electrons. The molecule has 1 aliphatic heterocycles. The summed E-state index contributed by atoms with van der Waals surface area (Å²) in [4.78, 5) is 2.29. The van der Waals surface area contributed by atoms with Crippen molar-refractivity contribution in [2.24, 2.45) is 0 Å². The molecule has 3 nitrogen and oxygen atoms in total. The molecular formula is C14H18N2OS. The maximum Gasteiger partial charge on any atom is 0.0992 e. The number of hydrogen-bond donors (Lipinski definition) is 1. The van der Waals surface area contributed by atoms with Crippen LogP contribution in [-0.2, 0) is 0 Å². The van der Waals surface area contributed by atoms with Crippen LogP contribution in [-0.4, -0.2) is 29.7 Å². The van der Waals surface area contributed by atoms with Gasteiger partial charge in [-0.1, -0.05) is 6.07 Å². The van der Waals surface area contributed by atoms with Gasteiger partial charge in [0.2, 0.25) is 0 Å². The first-order valence-corrected chi connectivity index (χ1v) is 7.42. The van der Waals surface area contributed by atoms with Crippen LogP contribution in [0.15, 0.2) is 18.2 Å². The zero-order valence-electron chi connectivity index (χ0n) is 10.6. The lowest BCUT2D eigenvalue weighted by Gasteiger charge is -2.26. The molecule has 0 aromatic heterocycles. The number of nitrogens with zero attached hydrogens (tertiary/aromatic N) is 2. The second-order valence-corrected chi connectivity index (χ2v) is 5.74. The summed E-state index contributed by atoms with van der Waals surface area (Å²) in [7, 11) is 0. The van der Waals surface area contributed by atoms with Crippen molar-refractivity contribution in [2.45, 2.75) is 19.4 Å². The van der Waals surface area contributed by atoms with Crippen LogP contribution in [0.5, 0.6) is 0 Å². The monoisotopic (exact) mass is 262 g/mol. The van der Waals surface area contributed by atoms with Crippen molar-refractivity contribution in [3.63, 3.8) is 0 Å². The lowest BCUT2D eigenvalue weighted by Crippen LogP contribution is -2.27. The minimum Gasteiger partial charge on any atom is -0.389 e. The molecule has 0 bridgehead atoms. The van der Waals surface area contributed by atoms with Gasteiger partial charge in [-0.05, 0) is 31.2 Å². The summed E-state index contributed by atoms with van der Waals surface area (Å²) in [6.07, 6.45) is 0.657. The molecule has 1 N–H and O–H groups in total. The first kappa shape index (κ1) is 13.3. The van der Waals surface area contributed by atoms with E-state index in [0.29, 0.717) is 5.56 Å². The summed E-state index contributed by atoms with van der Waals surface area (Å²) in [5.41, 5.74) is 2.60. The van der Waals surface area contributed by atoms with Gasteiger partial charge in [0, 0.05) is 30.1 Å². The predicted molar refractivity (Wildman–Crippen MR) is 75.9 cm³/mol. The van der Waals surface area contributed by atoms with E-state index < -0.39 is 6.10 Å². The molecule has 1 saturated heterocycles. The van der Waals surface area contributed by atoms with E-state index in [-0.39, 0.29) is 0 Å². The van der Waals surface area contributed by atoms with Gasteiger partial charge in [0.25, 0.3) is 0 Å². The molecule has 18 heavy (non-hydrogen) atoms. The predicted octanol–water partition coefficient (Wildman–Crippen LogP) is 2.55. The summed E-state index contributed by atoms with van der Waals surface area (Å²) < 4.78 is 0. The van der Waals surface area contributed by atoms with Crippen LogP contribution in [0.4, 0.5) is 5.69 Å². The number of anilines is 1. The molecule has 1 heterocycles. The van der Waals surface area contributed by atoms with Crippen LogP contribution in [0.3, 0.4) is 0 Å². The number of benzene rings is 1. The lowest BCUT2D eigenvalue weighted by molar-refractivity contribution is 0.199. The van der Waals surface area contributed by atoms with Gasteiger partial charge >= 0.3 is 0 Å². The third kappa shape index (κ3) is 2.98. The third-order valence-corrected chi connectivity index (χ3v) is 4.22. The fourth-order valence-electron chi connectivity index (χ4n) is 2.23. The minimum absolute atomic E-state index is 0.497. The molecule has 1 aliphatic rings. The van der Waals surface area contributed by atoms with Gasteiger partial charge in [-0.25, -0.2) is 0 Å². The maximum absolute atomic E-state index is 9.85. The molecule has 0 aliphatic carbocycles. The SMILES string of the molecule is C[C@@H](O)c1ccc(C#N)cc1N1CCCSCC1. The fraction of sp³-hybridized carbons (Fsp3) is 0.500. The molecule has 0 spiro atoms. The van der Waals surface area contributed by atoms with E-state index in [0.717, 1.165) is 36.5 Å².